The van der Waals surface area contributed by atoms with Gasteiger partial charge < -0.3 is 26.5 Å². The van der Waals surface area contributed by atoms with E-state index in [1.54, 1.807) is 0 Å². The maximum absolute atomic E-state index is 13.2. The number of aliphatic hydroxyl groups excluding tert-OH is 1. The number of nitrogens with zero attached hydrogens (tertiary/aromatic N) is 2. The third-order valence-corrected chi connectivity index (χ3v) is 11.3. The molecule has 0 aliphatic carbocycles. The summed E-state index contributed by atoms with van der Waals surface area (Å²) in [4.78, 5) is 51.6. The first-order valence-corrected chi connectivity index (χ1v) is 22.1. The van der Waals surface area contributed by atoms with E-state index in [1.807, 2.05) is 0 Å². The molecule has 0 fully saturated rings. The number of carboxylic acid groups (broad SMARTS) is 2. The van der Waals surface area contributed by atoms with Gasteiger partial charge in [0.15, 0.2) is 10.5 Å². The second-order valence-electron chi connectivity index (χ2n) is 13.8. The molecular weight excluding hydrogens is 744 g/mol. The molecule has 15 nitrogen and oxygen atoms in total. The van der Waals surface area contributed by atoms with Gasteiger partial charge in [-0.1, -0.05) is 129 Å². The monoisotopic (exact) mass is 810 g/mol. The van der Waals surface area contributed by atoms with E-state index in [4.69, 9.17) is 0 Å². The molecule has 0 aliphatic heterocycles. The number of hydrogen-bond acceptors (Lipinski definition) is 9. The minimum atomic E-state index is -5.13. The Labute approximate surface area is 341 Å². The molecule has 2 unspecified atom stereocenters. The van der Waals surface area contributed by atoms with Gasteiger partial charge in [0.05, 0.1) is 18.9 Å². The number of carbonyl (C=O) groups excluding carboxylic acids is 2. The molecule has 0 saturated heterocycles. The van der Waals surface area contributed by atoms with Crippen LogP contribution in [0, 0.1) is 0 Å². The van der Waals surface area contributed by atoms with Crippen molar-refractivity contribution in [2.45, 2.75) is 172 Å². The van der Waals surface area contributed by atoms with Gasteiger partial charge in [0, 0.05) is 26.2 Å². The third-order valence-electron chi connectivity index (χ3n) is 9.12. The number of hydrogen-bond donors (Lipinski definition) is 5. The Bertz CT molecular complexity index is 1170. The Morgan fingerprint density at radius 1 is 0.509 bits per heavy atom. The van der Waals surface area contributed by atoms with E-state index < -0.39 is 86.5 Å². The molecular formula is C35H67N2NaO13S2. The maximum atomic E-state index is 13.2. The SMILES string of the molecule is CCCCCCCCCCCCN(CC(O)CN(CCCCCCCCCCCC)C(=O)CC(C(=O)O)S(=O)(=O)O)C(=O)CC(C(=O)O)S(=O)(=O)O.[H-].[Na+]. The van der Waals surface area contributed by atoms with Gasteiger partial charge in [0.1, 0.15) is 0 Å². The molecule has 0 rings (SSSR count). The van der Waals surface area contributed by atoms with Crippen molar-refractivity contribution in [1.29, 1.82) is 0 Å². The van der Waals surface area contributed by atoms with Crippen LogP contribution < -0.4 is 29.6 Å². The van der Waals surface area contributed by atoms with Crippen molar-refractivity contribution >= 4 is 44.0 Å². The molecule has 2 amide bonds. The summed E-state index contributed by atoms with van der Waals surface area (Å²) in [7, 11) is -10.3. The van der Waals surface area contributed by atoms with Gasteiger partial charge in [-0.15, -0.1) is 0 Å². The molecule has 0 aromatic carbocycles. The number of carbonyl (C=O) groups is 4. The topological polar surface area (TPSA) is 244 Å². The molecule has 0 radical (unpaired) electrons. The van der Waals surface area contributed by atoms with Crippen LogP contribution in [0.15, 0.2) is 0 Å². The molecule has 0 spiro atoms. The molecule has 0 saturated carbocycles. The van der Waals surface area contributed by atoms with Crippen molar-refractivity contribution in [2.75, 3.05) is 26.2 Å². The third kappa shape index (κ3) is 27.0. The summed E-state index contributed by atoms with van der Waals surface area (Å²) in [5, 5.41) is 24.9. The zero-order valence-electron chi connectivity index (χ0n) is 33.3. The average Bonchev–Trinajstić information content (AvgIpc) is 3.04. The fourth-order valence-corrected chi connectivity index (χ4v) is 7.21. The maximum Gasteiger partial charge on any atom is 1.00 e. The number of aliphatic carboxylic acids is 2. The van der Waals surface area contributed by atoms with Gasteiger partial charge in [0.25, 0.3) is 20.2 Å². The van der Waals surface area contributed by atoms with Gasteiger partial charge in [-0.2, -0.15) is 16.8 Å². The molecule has 0 aromatic rings. The molecule has 0 aromatic heterocycles. The number of amides is 2. The fraction of sp³-hybridized carbons (Fsp3) is 0.886. The Hall–Kier alpha value is -1.34. The molecule has 308 valence electrons. The zero-order valence-corrected chi connectivity index (χ0v) is 36.0. The van der Waals surface area contributed by atoms with E-state index >= 15 is 0 Å². The largest absolute Gasteiger partial charge is 1.00 e. The van der Waals surface area contributed by atoms with Crippen LogP contribution in [0.4, 0.5) is 0 Å². The first kappa shape index (κ1) is 53.8. The summed E-state index contributed by atoms with van der Waals surface area (Å²) in [6.45, 7) is 3.46. The molecule has 5 N–H and O–H groups in total. The smallest absolute Gasteiger partial charge is 1.00 e. The Balaban J connectivity index is -0.0000130. The van der Waals surface area contributed by atoms with Crippen LogP contribution in [0.5, 0.6) is 0 Å². The summed E-state index contributed by atoms with van der Waals surface area (Å²) in [5.41, 5.74) is 0. The summed E-state index contributed by atoms with van der Waals surface area (Å²) in [5.74, 6) is -5.75. The van der Waals surface area contributed by atoms with Gasteiger partial charge >= 0.3 is 41.5 Å². The number of rotatable bonds is 34. The van der Waals surface area contributed by atoms with Crippen LogP contribution in [0.2, 0.25) is 0 Å². The Kier molecular flexibility index (Phi) is 31.3. The molecule has 0 aliphatic rings. The molecule has 0 heterocycles. The number of aliphatic hydroxyl groups is 1. The van der Waals surface area contributed by atoms with E-state index in [0.717, 1.165) is 86.8 Å². The zero-order chi connectivity index (χ0) is 39.6. The van der Waals surface area contributed by atoms with Gasteiger partial charge in [-0.05, 0) is 12.8 Å². The van der Waals surface area contributed by atoms with Gasteiger partial charge in [0.2, 0.25) is 11.8 Å². The Morgan fingerprint density at radius 3 is 0.981 bits per heavy atom. The van der Waals surface area contributed by atoms with E-state index in [1.165, 1.54) is 25.7 Å². The normalized spacial score (nSPS) is 13.5. The fourth-order valence-electron chi connectivity index (χ4n) is 6.00. The molecule has 0 bridgehead atoms. The van der Waals surface area contributed by atoms with Gasteiger partial charge in [-0.3, -0.25) is 28.3 Å². The first-order valence-electron chi connectivity index (χ1n) is 19.1. The van der Waals surface area contributed by atoms with Gasteiger partial charge in [-0.25, -0.2) is 0 Å². The van der Waals surface area contributed by atoms with Crippen molar-refractivity contribution in [3.05, 3.63) is 0 Å². The minimum absolute atomic E-state index is 0. The van der Waals surface area contributed by atoms with E-state index in [9.17, 15) is 60.4 Å². The Morgan fingerprint density at radius 2 is 0.755 bits per heavy atom. The van der Waals surface area contributed by atoms with Crippen LogP contribution in [0.1, 0.15) is 157 Å². The quantitative estimate of drug-likeness (QED) is 0.0357. The predicted molar refractivity (Wildman–Crippen MR) is 199 cm³/mol. The van der Waals surface area contributed by atoms with Crippen molar-refractivity contribution in [2.24, 2.45) is 0 Å². The van der Waals surface area contributed by atoms with Crippen molar-refractivity contribution in [1.82, 2.24) is 9.80 Å². The minimum Gasteiger partial charge on any atom is -1.00 e. The van der Waals surface area contributed by atoms with E-state index in [0.29, 0.717) is 25.7 Å². The summed E-state index contributed by atoms with van der Waals surface area (Å²) >= 11 is 0. The standard InChI is InChI=1S/C35H66N2O13S2.Na.H/c1-3-5-7-9-11-13-15-17-19-21-23-36(32(39)25-30(34(41)42)51(45,46)47)27-29(38)28-37(33(40)26-31(35(43)44)52(48,49)50)24-22-20-18-16-14-12-10-8-6-4-2;;/h29-31,38H,3-28H2,1-2H3,(H,41,42)(H,43,44)(H,45,46,47)(H,48,49,50);;/q;+1;-1. The van der Waals surface area contributed by atoms with Crippen molar-refractivity contribution in [3.63, 3.8) is 0 Å². The van der Waals surface area contributed by atoms with Crippen molar-refractivity contribution in [3.8, 4) is 0 Å². The first-order chi connectivity index (χ1) is 24.4. The van der Waals surface area contributed by atoms with Crippen LogP contribution in [-0.4, -0.2) is 118 Å². The summed E-state index contributed by atoms with van der Waals surface area (Å²) in [6.07, 6.45) is 16.1. The summed E-state index contributed by atoms with van der Waals surface area (Å²) < 4.78 is 65.5. The van der Waals surface area contributed by atoms with Crippen LogP contribution >= 0.6 is 0 Å². The van der Waals surface area contributed by atoms with E-state index in [2.05, 4.69) is 13.8 Å². The molecule has 53 heavy (non-hydrogen) atoms. The average molecular weight is 811 g/mol. The predicted octanol–water partition coefficient (Wildman–Crippen LogP) is 2.43. The molecule has 18 heteroatoms. The summed E-state index contributed by atoms with van der Waals surface area (Å²) in [6, 6.07) is 0. The van der Waals surface area contributed by atoms with Crippen LogP contribution in [0.3, 0.4) is 0 Å². The van der Waals surface area contributed by atoms with Crippen molar-refractivity contribution < 1.29 is 91.4 Å². The second-order valence-corrected chi connectivity index (χ2v) is 17.0. The van der Waals surface area contributed by atoms with Crippen LogP contribution in [-0.2, 0) is 39.4 Å². The number of unbranched alkanes of at least 4 members (excludes halogenated alkanes) is 18. The number of carboxylic acids is 2. The second kappa shape index (κ2) is 30.8. The van der Waals surface area contributed by atoms with E-state index in [-0.39, 0.29) is 44.1 Å². The molecule has 2 atom stereocenters. The van der Waals surface area contributed by atoms with Crippen LogP contribution in [0.25, 0.3) is 0 Å².